The van der Waals surface area contributed by atoms with Gasteiger partial charge in [-0.2, -0.15) is 18.4 Å². The normalized spacial score (nSPS) is 11.7. The van der Waals surface area contributed by atoms with Crippen molar-refractivity contribution in [1.82, 2.24) is 5.32 Å². The van der Waals surface area contributed by atoms with E-state index in [0.29, 0.717) is 12.1 Å². The minimum Gasteiger partial charge on any atom is -0.360 e. The standard InChI is InChI=1S/C14H14F3N3O/c1-3-19-13(21)10(7-18)8-20-12-6-11(14(15,16)17)5-4-9(12)2/h4-6,8,20H,3H2,1-2H3,(H,19,21)/b10-8-. The van der Waals surface area contributed by atoms with Gasteiger partial charge in [-0.3, -0.25) is 4.79 Å². The number of amides is 1. The second-order valence-corrected chi connectivity index (χ2v) is 4.20. The number of nitriles is 1. The lowest BCUT2D eigenvalue weighted by Crippen LogP contribution is -2.24. The molecule has 1 aromatic carbocycles. The van der Waals surface area contributed by atoms with Crippen LogP contribution in [0.5, 0.6) is 0 Å². The van der Waals surface area contributed by atoms with E-state index in [2.05, 4.69) is 10.6 Å². The highest BCUT2D eigenvalue weighted by Gasteiger charge is 2.30. The molecule has 0 aliphatic carbocycles. The number of halogens is 3. The number of hydrogen-bond donors (Lipinski definition) is 2. The fraction of sp³-hybridized carbons (Fsp3) is 0.286. The number of benzene rings is 1. The molecule has 0 aliphatic rings. The predicted molar refractivity (Wildman–Crippen MR) is 72.2 cm³/mol. The number of rotatable bonds is 4. The summed E-state index contributed by atoms with van der Waals surface area (Å²) in [5, 5.41) is 13.9. The molecular weight excluding hydrogens is 283 g/mol. The molecule has 7 heteroatoms. The average Bonchev–Trinajstić information content (AvgIpc) is 2.40. The molecule has 0 unspecified atom stereocenters. The van der Waals surface area contributed by atoms with Crippen LogP contribution in [0.1, 0.15) is 18.1 Å². The van der Waals surface area contributed by atoms with Crippen LogP contribution in [0.15, 0.2) is 30.0 Å². The zero-order chi connectivity index (χ0) is 16.0. The molecule has 21 heavy (non-hydrogen) atoms. The molecule has 0 heterocycles. The number of anilines is 1. The van der Waals surface area contributed by atoms with Crippen molar-refractivity contribution >= 4 is 11.6 Å². The summed E-state index contributed by atoms with van der Waals surface area (Å²) >= 11 is 0. The molecule has 0 atom stereocenters. The first-order valence-electron chi connectivity index (χ1n) is 6.12. The monoisotopic (exact) mass is 297 g/mol. The maximum Gasteiger partial charge on any atom is 0.416 e. The van der Waals surface area contributed by atoms with Gasteiger partial charge in [0.2, 0.25) is 0 Å². The summed E-state index contributed by atoms with van der Waals surface area (Å²) in [5.74, 6) is -0.586. The van der Waals surface area contributed by atoms with Crippen molar-refractivity contribution in [2.75, 3.05) is 11.9 Å². The van der Waals surface area contributed by atoms with Crippen LogP contribution in [0.2, 0.25) is 0 Å². The summed E-state index contributed by atoms with van der Waals surface area (Å²) in [5.41, 5.74) is -0.275. The largest absolute Gasteiger partial charge is 0.416 e. The molecule has 0 aromatic heterocycles. The minimum absolute atomic E-state index is 0.182. The van der Waals surface area contributed by atoms with Crippen LogP contribution in [-0.4, -0.2) is 12.5 Å². The SMILES string of the molecule is CCNC(=O)/C(C#N)=C\Nc1cc(C(F)(F)F)ccc1C. The molecule has 0 radical (unpaired) electrons. The minimum atomic E-state index is -4.45. The molecule has 0 bridgehead atoms. The van der Waals surface area contributed by atoms with Crippen LogP contribution < -0.4 is 10.6 Å². The fourth-order valence-electron chi connectivity index (χ4n) is 1.51. The summed E-state index contributed by atoms with van der Waals surface area (Å²) in [6.45, 7) is 3.66. The first-order valence-corrected chi connectivity index (χ1v) is 6.12. The maximum atomic E-state index is 12.6. The van der Waals surface area contributed by atoms with Crippen molar-refractivity contribution in [3.05, 3.63) is 41.1 Å². The van der Waals surface area contributed by atoms with E-state index in [0.717, 1.165) is 18.3 Å². The number of nitrogens with zero attached hydrogens (tertiary/aromatic N) is 1. The number of aryl methyl sites for hydroxylation is 1. The first-order chi connectivity index (χ1) is 9.79. The Morgan fingerprint density at radius 2 is 2.10 bits per heavy atom. The van der Waals surface area contributed by atoms with Gasteiger partial charge in [-0.1, -0.05) is 6.07 Å². The van der Waals surface area contributed by atoms with Crippen molar-refractivity contribution in [2.24, 2.45) is 0 Å². The maximum absolute atomic E-state index is 12.6. The van der Waals surface area contributed by atoms with Gasteiger partial charge < -0.3 is 10.6 Å². The highest BCUT2D eigenvalue weighted by atomic mass is 19.4. The fourth-order valence-corrected chi connectivity index (χ4v) is 1.51. The van der Waals surface area contributed by atoms with E-state index in [1.807, 2.05) is 0 Å². The molecule has 0 fully saturated rings. The molecule has 0 spiro atoms. The first kappa shape index (κ1) is 16.6. The number of carbonyl (C=O) groups excluding carboxylic acids is 1. The highest BCUT2D eigenvalue weighted by molar-refractivity contribution is 5.97. The lowest BCUT2D eigenvalue weighted by atomic mass is 10.1. The molecule has 0 saturated heterocycles. The number of likely N-dealkylation sites (N-methyl/N-ethyl adjacent to an activating group) is 1. The molecule has 112 valence electrons. The van der Waals surface area contributed by atoms with E-state index in [-0.39, 0.29) is 11.3 Å². The Morgan fingerprint density at radius 1 is 1.43 bits per heavy atom. The number of hydrogen-bond acceptors (Lipinski definition) is 3. The van der Waals surface area contributed by atoms with Crippen molar-refractivity contribution in [3.63, 3.8) is 0 Å². The molecule has 1 rings (SSSR count). The second-order valence-electron chi connectivity index (χ2n) is 4.20. The lowest BCUT2D eigenvalue weighted by Gasteiger charge is -2.11. The van der Waals surface area contributed by atoms with Gasteiger partial charge in [0.15, 0.2) is 0 Å². The summed E-state index contributed by atoms with van der Waals surface area (Å²) in [7, 11) is 0. The van der Waals surface area contributed by atoms with E-state index >= 15 is 0 Å². The third-order valence-corrected chi connectivity index (χ3v) is 2.64. The molecule has 0 saturated carbocycles. The Morgan fingerprint density at radius 3 is 2.62 bits per heavy atom. The van der Waals surface area contributed by atoms with Gasteiger partial charge in [-0.25, -0.2) is 0 Å². The zero-order valence-corrected chi connectivity index (χ0v) is 11.5. The number of carbonyl (C=O) groups is 1. The Balaban J connectivity index is 3.02. The van der Waals surface area contributed by atoms with Crippen LogP contribution in [0.4, 0.5) is 18.9 Å². The van der Waals surface area contributed by atoms with Gasteiger partial charge in [0.1, 0.15) is 11.6 Å². The Kier molecular flexibility index (Phi) is 5.36. The van der Waals surface area contributed by atoms with Crippen molar-refractivity contribution in [3.8, 4) is 6.07 Å². The number of nitrogens with one attached hydrogen (secondary N) is 2. The Bertz CT molecular complexity index is 600. The van der Waals surface area contributed by atoms with E-state index < -0.39 is 17.6 Å². The Labute approximate surface area is 120 Å². The van der Waals surface area contributed by atoms with Crippen molar-refractivity contribution in [1.29, 1.82) is 5.26 Å². The van der Waals surface area contributed by atoms with Gasteiger partial charge in [-0.05, 0) is 31.5 Å². The van der Waals surface area contributed by atoms with Gasteiger partial charge in [0.05, 0.1) is 5.56 Å². The van der Waals surface area contributed by atoms with Gasteiger partial charge in [-0.15, -0.1) is 0 Å². The summed E-state index contributed by atoms with van der Waals surface area (Å²) in [6.07, 6.45) is -3.36. The summed E-state index contributed by atoms with van der Waals surface area (Å²) < 4.78 is 37.9. The summed E-state index contributed by atoms with van der Waals surface area (Å²) in [4.78, 5) is 11.5. The van der Waals surface area contributed by atoms with Crippen LogP contribution in [-0.2, 0) is 11.0 Å². The Hall–Kier alpha value is -2.49. The van der Waals surface area contributed by atoms with Gasteiger partial charge in [0, 0.05) is 18.4 Å². The summed E-state index contributed by atoms with van der Waals surface area (Å²) in [6, 6.07) is 4.90. The lowest BCUT2D eigenvalue weighted by molar-refractivity contribution is -0.137. The van der Waals surface area contributed by atoms with E-state index in [1.165, 1.54) is 6.07 Å². The molecular formula is C14H14F3N3O. The van der Waals surface area contributed by atoms with Crippen LogP contribution >= 0.6 is 0 Å². The third kappa shape index (κ3) is 4.53. The topological polar surface area (TPSA) is 64.9 Å². The predicted octanol–water partition coefficient (Wildman–Crippen LogP) is 2.97. The third-order valence-electron chi connectivity index (χ3n) is 2.64. The molecule has 1 aromatic rings. The molecule has 1 amide bonds. The van der Waals surface area contributed by atoms with Gasteiger partial charge >= 0.3 is 6.18 Å². The average molecular weight is 297 g/mol. The van der Waals surface area contributed by atoms with Crippen molar-refractivity contribution < 1.29 is 18.0 Å². The molecule has 2 N–H and O–H groups in total. The van der Waals surface area contributed by atoms with Crippen molar-refractivity contribution in [2.45, 2.75) is 20.0 Å². The highest BCUT2D eigenvalue weighted by Crippen LogP contribution is 2.32. The van der Waals surface area contributed by atoms with E-state index in [9.17, 15) is 18.0 Å². The van der Waals surface area contributed by atoms with Crippen LogP contribution in [0, 0.1) is 18.3 Å². The van der Waals surface area contributed by atoms with Gasteiger partial charge in [0.25, 0.3) is 5.91 Å². The second kappa shape index (κ2) is 6.79. The molecule has 0 aliphatic heterocycles. The molecule has 4 nitrogen and oxygen atoms in total. The van der Waals surface area contributed by atoms with Crippen LogP contribution in [0.25, 0.3) is 0 Å². The van der Waals surface area contributed by atoms with Crippen LogP contribution in [0.3, 0.4) is 0 Å². The zero-order valence-electron chi connectivity index (χ0n) is 11.5. The smallest absolute Gasteiger partial charge is 0.360 e. The van der Waals surface area contributed by atoms with E-state index in [1.54, 1.807) is 19.9 Å². The number of alkyl halides is 3. The quantitative estimate of drug-likeness (QED) is 0.663. The van der Waals surface area contributed by atoms with E-state index in [4.69, 9.17) is 5.26 Å².